The number of hydrogen-bond donors (Lipinski definition) is 0. The van der Waals surface area contributed by atoms with Crippen LogP contribution in [-0.2, 0) is 0 Å². The molecule has 0 aliphatic carbocycles. The summed E-state index contributed by atoms with van der Waals surface area (Å²) in [6, 6.07) is 2.24. The Labute approximate surface area is 89.4 Å². The topological polar surface area (TPSA) is 27.0 Å². The lowest BCUT2D eigenvalue weighted by molar-refractivity contribution is 0.392. The average molecular weight is 245 g/mol. The Morgan fingerprint density at radius 1 is 1.38 bits per heavy atom. The summed E-state index contributed by atoms with van der Waals surface area (Å²) in [5, 5.41) is 9.00. The van der Waals surface area contributed by atoms with Crippen LogP contribution in [-0.4, -0.2) is 18.0 Å². The highest BCUT2D eigenvalue weighted by Gasteiger charge is 2.12. The van der Waals surface area contributed by atoms with Gasteiger partial charge < -0.3 is 4.90 Å². The molecule has 13 heavy (non-hydrogen) atoms. The molecule has 0 heterocycles. The molecule has 0 aromatic rings. The number of hydrogen-bond acceptors (Lipinski definition) is 2. The fourth-order valence-corrected chi connectivity index (χ4v) is 1.43. The summed E-state index contributed by atoms with van der Waals surface area (Å²) >= 11 is 3.47. The first-order valence-corrected chi connectivity index (χ1v) is 5.42. The summed E-state index contributed by atoms with van der Waals surface area (Å²) in [6.45, 7) is 10.0. The predicted molar refractivity (Wildman–Crippen MR) is 59.3 cm³/mol. The van der Waals surface area contributed by atoms with Gasteiger partial charge in [-0.15, -0.1) is 0 Å². The van der Waals surface area contributed by atoms with E-state index >= 15 is 0 Å². The number of allylic oxidation sites excluding steroid dienone is 2. The highest BCUT2D eigenvalue weighted by atomic mass is 79.9. The SMILES string of the molecule is CCN(CC)/C(C#N)=C(\Br)C(C)C. The molecule has 0 rings (SSSR count). The molecule has 0 aliphatic heterocycles. The predicted octanol–water partition coefficient (Wildman–Crippen LogP) is 3.11. The summed E-state index contributed by atoms with van der Waals surface area (Å²) in [5.41, 5.74) is 0.764. The van der Waals surface area contributed by atoms with Crippen LogP contribution in [0.4, 0.5) is 0 Å². The third-order valence-corrected chi connectivity index (χ3v) is 3.21. The Bertz CT molecular complexity index is 222. The molecule has 0 radical (unpaired) electrons. The van der Waals surface area contributed by atoms with Gasteiger partial charge in [0.1, 0.15) is 11.8 Å². The molecule has 0 amide bonds. The number of rotatable bonds is 4. The van der Waals surface area contributed by atoms with Gasteiger partial charge in [-0.2, -0.15) is 5.26 Å². The quantitative estimate of drug-likeness (QED) is 0.711. The van der Waals surface area contributed by atoms with Gasteiger partial charge in [-0.25, -0.2) is 0 Å². The van der Waals surface area contributed by atoms with Crippen molar-refractivity contribution < 1.29 is 0 Å². The van der Waals surface area contributed by atoms with E-state index in [1.807, 2.05) is 0 Å². The average Bonchev–Trinajstić information content (AvgIpc) is 2.12. The first-order valence-electron chi connectivity index (χ1n) is 4.63. The zero-order valence-corrected chi connectivity index (χ0v) is 10.3. The van der Waals surface area contributed by atoms with Gasteiger partial charge >= 0.3 is 0 Å². The molecular formula is C10H17BrN2. The van der Waals surface area contributed by atoms with Crippen LogP contribution in [0.3, 0.4) is 0 Å². The van der Waals surface area contributed by atoms with Gasteiger partial charge in [-0.3, -0.25) is 0 Å². The minimum Gasteiger partial charge on any atom is -0.363 e. The molecule has 74 valence electrons. The molecule has 0 aromatic carbocycles. The normalized spacial score (nSPS) is 12.4. The summed E-state index contributed by atoms with van der Waals surface area (Å²) in [6.07, 6.45) is 0. The number of nitrogens with zero attached hydrogens (tertiary/aromatic N) is 2. The second-order valence-corrected chi connectivity index (χ2v) is 3.99. The van der Waals surface area contributed by atoms with E-state index in [2.05, 4.69) is 54.6 Å². The van der Waals surface area contributed by atoms with Gasteiger partial charge in [0.05, 0.1) is 0 Å². The third-order valence-electron chi connectivity index (χ3n) is 1.92. The van der Waals surface area contributed by atoms with Gasteiger partial charge in [-0.05, 0) is 19.8 Å². The molecule has 0 bridgehead atoms. The zero-order chi connectivity index (χ0) is 10.4. The van der Waals surface area contributed by atoms with Crippen LogP contribution in [0.1, 0.15) is 27.7 Å². The summed E-state index contributed by atoms with van der Waals surface area (Å²) in [5.74, 6) is 0.371. The Morgan fingerprint density at radius 2 is 1.85 bits per heavy atom. The van der Waals surface area contributed by atoms with Crippen molar-refractivity contribution in [3.8, 4) is 6.07 Å². The maximum absolute atomic E-state index is 9.00. The fourth-order valence-electron chi connectivity index (χ4n) is 1.09. The molecular weight excluding hydrogens is 228 g/mol. The molecule has 0 saturated heterocycles. The van der Waals surface area contributed by atoms with Gasteiger partial charge in [0.15, 0.2) is 0 Å². The largest absolute Gasteiger partial charge is 0.363 e. The molecule has 0 aliphatic rings. The van der Waals surface area contributed by atoms with Gasteiger partial charge in [0.25, 0.3) is 0 Å². The number of nitriles is 1. The molecule has 0 spiro atoms. The molecule has 0 aromatic heterocycles. The lowest BCUT2D eigenvalue weighted by Crippen LogP contribution is -2.22. The molecule has 0 atom stereocenters. The van der Waals surface area contributed by atoms with Crippen molar-refractivity contribution in [1.29, 1.82) is 5.26 Å². The fraction of sp³-hybridized carbons (Fsp3) is 0.700. The lowest BCUT2D eigenvalue weighted by Gasteiger charge is -2.21. The second kappa shape index (κ2) is 6.04. The van der Waals surface area contributed by atoms with Crippen molar-refractivity contribution in [2.75, 3.05) is 13.1 Å². The molecule has 3 heteroatoms. The van der Waals surface area contributed by atoms with E-state index in [9.17, 15) is 0 Å². The van der Waals surface area contributed by atoms with E-state index < -0.39 is 0 Å². The molecule has 0 unspecified atom stereocenters. The second-order valence-electron chi connectivity index (χ2n) is 3.14. The van der Waals surface area contributed by atoms with E-state index in [-0.39, 0.29) is 0 Å². The highest BCUT2D eigenvalue weighted by molar-refractivity contribution is 9.11. The van der Waals surface area contributed by atoms with Crippen molar-refractivity contribution in [3.63, 3.8) is 0 Å². The van der Waals surface area contributed by atoms with Crippen molar-refractivity contribution in [2.45, 2.75) is 27.7 Å². The maximum Gasteiger partial charge on any atom is 0.126 e. The minimum absolute atomic E-state index is 0.371. The Morgan fingerprint density at radius 3 is 2.08 bits per heavy atom. The first-order chi connectivity index (χ1) is 6.08. The standard InChI is InChI=1S/C10H17BrN2/c1-5-13(6-2)9(7-12)10(11)8(3)4/h8H,5-6H2,1-4H3/b10-9-. The van der Waals surface area contributed by atoms with Crippen LogP contribution in [0.25, 0.3) is 0 Å². The lowest BCUT2D eigenvalue weighted by atomic mass is 10.2. The van der Waals surface area contributed by atoms with Crippen molar-refractivity contribution in [3.05, 3.63) is 10.2 Å². The Kier molecular flexibility index (Phi) is 5.81. The minimum atomic E-state index is 0.371. The van der Waals surface area contributed by atoms with Crippen LogP contribution < -0.4 is 0 Å². The molecule has 0 N–H and O–H groups in total. The Balaban J connectivity index is 4.87. The Hall–Kier alpha value is -0.490. The zero-order valence-electron chi connectivity index (χ0n) is 8.76. The van der Waals surface area contributed by atoms with Crippen LogP contribution in [0.5, 0.6) is 0 Å². The summed E-state index contributed by atoms with van der Waals surface area (Å²) in [7, 11) is 0. The number of halogens is 1. The van der Waals surface area contributed by atoms with Crippen molar-refractivity contribution >= 4 is 15.9 Å². The van der Waals surface area contributed by atoms with E-state index in [0.717, 1.165) is 23.3 Å². The smallest absolute Gasteiger partial charge is 0.126 e. The monoisotopic (exact) mass is 244 g/mol. The molecule has 0 saturated carbocycles. The van der Waals surface area contributed by atoms with Crippen LogP contribution >= 0.6 is 15.9 Å². The maximum atomic E-state index is 9.00. The van der Waals surface area contributed by atoms with Crippen LogP contribution in [0.2, 0.25) is 0 Å². The van der Waals surface area contributed by atoms with Gasteiger partial charge in [0, 0.05) is 17.6 Å². The molecule has 2 nitrogen and oxygen atoms in total. The highest BCUT2D eigenvalue weighted by Crippen LogP contribution is 2.23. The van der Waals surface area contributed by atoms with E-state index in [1.54, 1.807) is 0 Å². The first kappa shape index (κ1) is 12.5. The van der Waals surface area contributed by atoms with Crippen molar-refractivity contribution in [2.24, 2.45) is 5.92 Å². The van der Waals surface area contributed by atoms with Gasteiger partial charge in [-0.1, -0.05) is 29.8 Å². The van der Waals surface area contributed by atoms with E-state index in [0.29, 0.717) is 5.92 Å². The summed E-state index contributed by atoms with van der Waals surface area (Å²) < 4.78 is 0.999. The van der Waals surface area contributed by atoms with Crippen LogP contribution in [0.15, 0.2) is 10.2 Å². The summed E-state index contributed by atoms with van der Waals surface area (Å²) in [4.78, 5) is 2.06. The van der Waals surface area contributed by atoms with E-state index in [4.69, 9.17) is 5.26 Å². The third kappa shape index (κ3) is 3.40. The van der Waals surface area contributed by atoms with Gasteiger partial charge in [0.2, 0.25) is 0 Å². The van der Waals surface area contributed by atoms with Crippen LogP contribution in [0, 0.1) is 17.2 Å². The molecule has 0 fully saturated rings. The van der Waals surface area contributed by atoms with E-state index in [1.165, 1.54) is 0 Å². The van der Waals surface area contributed by atoms with Crippen molar-refractivity contribution in [1.82, 2.24) is 4.90 Å².